The van der Waals surface area contributed by atoms with Crippen LogP contribution in [0.25, 0.3) is 0 Å². The molecular formula is C14H15FN2O2S. The van der Waals surface area contributed by atoms with Gasteiger partial charge < -0.3 is 5.73 Å². The lowest BCUT2D eigenvalue weighted by molar-refractivity contribution is 0.564. The fraction of sp³-hybridized carbons (Fsp3) is 0.143. The Balaban J connectivity index is 2.30. The Hall–Kier alpha value is -1.92. The van der Waals surface area contributed by atoms with Crippen LogP contribution in [0.1, 0.15) is 18.5 Å². The minimum Gasteiger partial charge on any atom is -0.398 e. The summed E-state index contributed by atoms with van der Waals surface area (Å²) in [5.74, 6) is -0.646. The summed E-state index contributed by atoms with van der Waals surface area (Å²) in [6.07, 6.45) is 0. The second-order valence-electron chi connectivity index (χ2n) is 4.44. The molecule has 0 saturated carbocycles. The molecule has 0 bridgehead atoms. The zero-order valence-corrected chi connectivity index (χ0v) is 11.7. The number of benzene rings is 2. The number of nitrogens with two attached hydrogens (primary N) is 1. The third kappa shape index (κ3) is 3.15. The van der Waals surface area contributed by atoms with E-state index in [1.54, 1.807) is 6.92 Å². The van der Waals surface area contributed by atoms with E-state index in [0.717, 1.165) is 17.7 Å². The Bertz CT molecular complexity index is 702. The molecule has 0 heterocycles. The van der Waals surface area contributed by atoms with Gasteiger partial charge in [-0.15, -0.1) is 0 Å². The van der Waals surface area contributed by atoms with Crippen molar-refractivity contribution < 1.29 is 12.8 Å². The van der Waals surface area contributed by atoms with E-state index in [1.807, 2.05) is 30.3 Å². The second-order valence-corrected chi connectivity index (χ2v) is 6.12. The lowest BCUT2D eigenvalue weighted by Crippen LogP contribution is -2.27. The maximum Gasteiger partial charge on any atom is 0.243 e. The molecule has 0 aromatic heterocycles. The van der Waals surface area contributed by atoms with E-state index in [0.29, 0.717) is 0 Å². The van der Waals surface area contributed by atoms with Gasteiger partial charge in [-0.2, -0.15) is 0 Å². The fourth-order valence-corrected chi connectivity index (χ4v) is 3.22. The lowest BCUT2D eigenvalue weighted by Gasteiger charge is -2.15. The van der Waals surface area contributed by atoms with E-state index >= 15 is 0 Å². The number of hydrogen-bond donors (Lipinski definition) is 2. The molecular weight excluding hydrogens is 279 g/mol. The molecule has 0 saturated heterocycles. The highest BCUT2D eigenvalue weighted by Crippen LogP contribution is 2.22. The van der Waals surface area contributed by atoms with Crippen molar-refractivity contribution in [1.29, 1.82) is 0 Å². The zero-order valence-electron chi connectivity index (χ0n) is 10.9. The summed E-state index contributed by atoms with van der Waals surface area (Å²) >= 11 is 0. The topological polar surface area (TPSA) is 72.2 Å². The summed E-state index contributed by atoms with van der Waals surface area (Å²) in [4.78, 5) is -0.250. The third-order valence-corrected chi connectivity index (χ3v) is 4.49. The van der Waals surface area contributed by atoms with Crippen LogP contribution in [0.2, 0.25) is 0 Å². The van der Waals surface area contributed by atoms with E-state index < -0.39 is 21.9 Å². The Morgan fingerprint density at radius 3 is 2.45 bits per heavy atom. The van der Waals surface area contributed by atoms with Crippen molar-refractivity contribution in [2.75, 3.05) is 5.73 Å². The van der Waals surface area contributed by atoms with E-state index in [4.69, 9.17) is 5.73 Å². The molecule has 0 spiro atoms. The first-order valence-electron chi connectivity index (χ1n) is 6.02. The molecule has 6 heteroatoms. The summed E-state index contributed by atoms with van der Waals surface area (Å²) in [6.45, 7) is 1.71. The molecule has 0 radical (unpaired) electrons. The number of rotatable bonds is 4. The van der Waals surface area contributed by atoms with E-state index in [1.165, 1.54) is 6.07 Å². The first kappa shape index (κ1) is 14.5. The highest BCUT2D eigenvalue weighted by molar-refractivity contribution is 7.89. The van der Waals surface area contributed by atoms with Gasteiger partial charge in [0.2, 0.25) is 10.0 Å². The molecule has 20 heavy (non-hydrogen) atoms. The van der Waals surface area contributed by atoms with Crippen LogP contribution in [-0.2, 0) is 10.0 Å². The van der Waals surface area contributed by atoms with Gasteiger partial charge in [-0.1, -0.05) is 30.3 Å². The molecule has 4 nitrogen and oxygen atoms in total. The normalized spacial score (nSPS) is 13.1. The predicted molar refractivity (Wildman–Crippen MR) is 76.0 cm³/mol. The Kier molecular flexibility index (Phi) is 4.06. The molecule has 106 valence electrons. The average molecular weight is 294 g/mol. The molecule has 2 rings (SSSR count). The van der Waals surface area contributed by atoms with E-state index in [2.05, 4.69) is 4.72 Å². The molecule has 1 unspecified atom stereocenters. The van der Waals surface area contributed by atoms with Crippen molar-refractivity contribution in [3.63, 3.8) is 0 Å². The number of nitrogens with one attached hydrogen (secondary N) is 1. The van der Waals surface area contributed by atoms with E-state index in [-0.39, 0.29) is 10.6 Å². The predicted octanol–water partition coefficient (Wildman–Crippen LogP) is 2.45. The van der Waals surface area contributed by atoms with Gasteiger partial charge in [-0.3, -0.25) is 0 Å². The molecule has 3 N–H and O–H groups in total. The SMILES string of the molecule is CC(NS(=O)(=O)c1cc(F)ccc1N)c1ccccc1. The first-order chi connectivity index (χ1) is 9.40. The molecule has 2 aromatic rings. The first-order valence-corrected chi connectivity index (χ1v) is 7.51. The Labute approximate surface area is 117 Å². The second kappa shape index (κ2) is 5.60. The van der Waals surface area contributed by atoms with Crippen LogP contribution >= 0.6 is 0 Å². The van der Waals surface area contributed by atoms with Gasteiger partial charge >= 0.3 is 0 Å². The molecule has 0 aliphatic carbocycles. The summed E-state index contributed by atoms with van der Waals surface area (Å²) < 4.78 is 40.1. The number of hydrogen-bond acceptors (Lipinski definition) is 3. The van der Waals surface area contributed by atoms with E-state index in [9.17, 15) is 12.8 Å². The van der Waals surface area contributed by atoms with Gasteiger partial charge in [0.15, 0.2) is 0 Å². The molecule has 0 aliphatic heterocycles. The third-order valence-electron chi connectivity index (χ3n) is 2.90. The van der Waals surface area contributed by atoms with Crippen LogP contribution in [-0.4, -0.2) is 8.42 Å². The van der Waals surface area contributed by atoms with Gasteiger partial charge in [0.1, 0.15) is 10.7 Å². The summed E-state index contributed by atoms with van der Waals surface area (Å²) in [6, 6.07) is 11.9. The Morgan fingerprint density at radius 2 is 1.80 bits per heavy atom. The Morgan fingerprint density at radius 1 is 1.15 bits per heavy atom. The zero-order chi connectivity index (χ0) is 14.8. The van der Waals surface area contributed by atoms with Crippen molar-refractivity contribution >= 4 is 15.7 Å². The summed E-state index contributed by atoms with van der Waals surface area (Å²) in [7, 11) is -3.88. The van der Waals surface area contributed by atoms with Crippen molar-refractivity contribution in [3.05, 3.63) is 59.9 Å². The number of nitrogen functional groups attached to an aromatic ring is 1. The molecule has 0 amide bonds. The van der Waals surface area contributed by atoms with Crippen molar-refractivity contribution in [2.24, 2.45) is 0 Å². The molecule has 1 atom stereocenters. The van der Waals surface area contributed by atoms with Crippen LogP contribution in [0, 0.1) is 5.82 Å². The quantitative estimate of drug-likeness (QED) is 0.851. The highest BCUT2D eigenvalue weighted by Gasteiger charge is 2.21. The minimum absolute atomic E-state index is 0.0131. The number of halogens is 1. The standard InChI is InChI=1S/C14H15FN2O2S/c1-10(11-5-3-2-4-6-11)17-20(18,19)14-9-12(15)7-8-13(14)16/h2-10,17H,16H2,1H3. The molecule has 2 aromatic carbocycles. The highest BCUT2D eigenvalue weighted by atomic mass is 32.2. The van der Waals surface area contributed by atoms with Gasteiger partial charge in [0.05, 0.1) is 5.69 Å². The monoisotopic (exact) mass is 294 g/mol. The van der Waals surface area contributed by atoms with Gasteiger partial charge in [0.25, 0.3) is 0 Å². The van der Waals surface area contributed by atoms with Crippen molar-refractivity contribution in [2.45, 2.75) is 17.9 Å². The minimum atomic E-state index is -3.88. The average Bonchev–Trinajstić information content (AvgIpc) is 2.42. The maximum absolute atomic E-state index is 13.2. The molecule has 0 aliphatic rings. The van der Waals surface area contributed by atoms with Gasteiger partial charge in [0, 0.05) is 6.04 Å². The van der Waals surface area contributed by atoms with Gasteiger partial charge in [-0.05, 0) is 30.7 Å². The van der Waals surface area contributed by atoms with Crippen LogP contribution in [0.4, 0.5) is 10.1 Å². The number of sulfonamides is 1. The molecule has 0 fully saturated rings. The number of anilines is 1. The van der Waals surface area contributed by atoms with Gasteiger partial charge in [-0.25, -0.2) is 17.5 Å². The van der Waals surface area contributed by atoms with Crippen LogP contribution in [0.15, 0.2) is 53.4 Å². The van der Waals surface area contributed by atoms with Crippen molar-refractivity contribution in [1.82, 2.24) is 4.72 Å². The summed E-state index contributed by atoms with van der Waals surface area (Å²) in [5, 5.41) is 0. The maximum atomic E-state index is 13.2. The fourth-order valence-electron chi connectivity index (χ4n) is 1.85. The van der Waals surface area contributed by atoms with Crippen LogP contribution in [0.3, 0.4) is 0 Å². The van der Waals surface area contributed by atoms with Crippen LogP contribution in [0.5, 0.6) is 0 Å². The van der Waals surface area contributed by atoms with Crippen LogP contribution < -0.4 is 10.5 Å². The smallest absolute Gasteiger partial charge is 0.243 e. The lowest BCUT2D eigenvalue weighted by atomic mass is 10.1. The van der Waals surface area contributed by atoms with Crippen molar-refractivity contribution in [3.8, 4) is 0 Å². The summed E-state index contributed by atoms with van der Waals surface area (Å²) in [5.41, 5.74) is 6.43. The largest absolute Gasteiger partial charge is 0.398 e.